The molecule has 2 nitrogen and oxygen atoms in total. The van der Waals surface area contributed by atoms with E-state index in [4.69, 9.17) is 23.8 Å². The van der Waals surface area contributed by atoms with Gasteiger partial charge in [-0.3, -0.25) is 0 Å². The average Bonchev–Trinajstić information content (AvgIpc) is 2.39. The summed E-state index contributed by atoms with van der Waals surface area (Å²) in [6, 6.07) is 10.4. The minimum atomic E-state index is -0.523. The number of thiocarbonyl (C=S) groups is 1. The summed E-state index contributed by atoms with van der Waals surface area (Å²) in [7, 11) is 0. The fourth-order valence-electron chi connectivity index (χ4n) is 1.61. The molecular weight excluding hydrogens is 363 g/mol. The number of hydrogen-bond donors (Lipinski definition) is 2. The van der Waals surface area contributed by atoms with Crippen LogP contribution in [0.15, 0.2) is 40.9 Å². The van der Waals surface area contributed by atoms with Gasteiger partial charge in [0.05, 0.1) is 10.7 Å². The van der Waals surface area contributed by atoms with Gasteiger partial charge in [-0.1, -0.05) is 33.6 Å². The van der Waals surface area contributed by atoms with Crippen molar-refractivity contribution in [3.63, 3.8) is 0 Å². The minimum absolute atomic E-state index is 0.0530. The molecule has 20 heavy (non-hydrogen) atoms. The zero-order valence-corrected chi connectivity index (χ0v) is 13.7. The fraction of sp³-hybridized carbons (Fsp3) is 0.0714. The van der Waals surface area contributed by atoms with Crippen LogP contribution < -0.4 is 10.6 Å². The van der Waals surface area contributed by atoms with Gasteiger partial charge in [0, 0.05) is 10.2 Å². The van der Waals surface area contributed by atoms with E-state index in [1.807, 2.05) is 25.1 Å². The van der Waals surface area contributed by atoms with Crippen molar-refractivity contribution in [2.75, 3.05) is 10.6 Å². The highest BCUT2D eigenvalue weighted by Gasteiger charge is 2.08. The monoisotopic (exact) mass is 372 g/mol. The first-order valence-electron chi connectivity index (χ1n) is 5.75. The Hall–Kier alpha value is -1.17. The lowest BCUT2D eigenvalue weighted by Crippen LogP contribution is -2.19. The van der Waals surface area contributed by atoms with Gasteiger partial charge < -0.3 is 10.6 Å². The third kappa shape index (κ3) is 3.69. The number of rotatable bonds is 2. The average molecular weight is 374 g/mol. The number of benzene rings is 2. The molecule has 104 valence electrons. The summed E-state index contributed by atoms with van der Waals surface area (Å²) >= 11 is 14.3. The molecule has 0 unspecified atom stereocenters. The van der Waals surface area contributed by atoms with E-state index in [0.717, 1.165) is 15.7 Å². The van der Waals surface area contributed by atoms with Crippen molar-refractivity contribution in [3.8, 4) is 0 Å². The van der Waals surface area contributed by atoms with Crippen LogP contribution in [0.3, 0.4) is 0 Å². The highest BCUT2D eigenvalue weighted by atomic mass is 79.9. The molecule has 0 spiro atoms. The van der Waals surface area contributed by atoms with Crippen molar-refractivity contribution < 1.29 is 4.39 Å². The smallest absolute Gasteiger partial charge is 0.175 e. The first-order chi connectivity index (χ1) is 9.47. The van der Waals surface area contributed by atoms with Crippen LogP contribution in [0.1, 0.15) is 5.56 Å². The summed E-state index contributed by atoms with van der Waals surface area (Å²) in [5.74, 6) is -0.523. The second kappa shape index (κ2) is 6.52. The van der Waals surface area contributed by atoms with Crippen LogP contribution in [0.4, 0.5) is 15.8 Å². The standard InChI is InChI=1S/C14H11BrClFN2S/c1-8-7-9(5-6-10(8)15)18-14(20)19-12-4-2-3-11(16)13(12)17/h2-7H,1H3,(H2,18,19,20). The van der Waals surface area contributed by atoms with Crippen molar-refractivity contribution in [2.24, 2.45) is 0 Å². The molecule has 2 N–H and O–H groups in total. The zero-order chi connectivity index (χ0) is 14.7. The molecule has 0 saturated heterocycles. The van der Waals surface area contributed by atoms with E-state index in [-0.39, 0.29) is 10.7 Å². The Labute approximate surface area is 135 Å². The predicted molar refractivity (Wildman–Crippen MR) is 90.1 cm³/mol. The van der Waals surface area contributed by atoms with E-state index in [0.29, 0.717) is 5.11 Å². The molecular formula is C14H11BrClFN2S. The van der Waals surface area contributed by atoms with Crippen molar-refractivity contribution in [1.29, 1.82) is 0 Å². The SMILES string of the molecule is Cc1cc(NC(=S)Nc2cccc(Cl)c2F)ccc1Br. The number of anilines is 2. The lowest BCUT2D eigenvalue weighted by Gasteiger charge is -2.12. The van der Waals surface area contributed by atoms with Gasteiger partial charge in [-0.25, -0.2) is 4.39 Å². The van der Waals surface area contributed by atoms with Gasteiger partial charge in [-0.2, -0.15) is 0 Å². The van der Waals surface area contributed by atoms with Gasteiger partial charge in [-0.05, 0) is 55.0 Å². The van der Waals surface area contributed by atoms with Gasteiger partial charge in [-0.15, -0.1) is 0 Å². The van der Waals surface area contributed by atoms with Gasteiger partial charge in [0.1, 0.15) is 0 Å². The van der Waals surface area contributed by atoms with Crippen molar-refractivity contribution in [2.45, 2.75) is 6.92 Å². The summed E-state index contributed by atoms with van der Waals surface area (Å²) in [4.78, 5) is 0. The van der Waals surface area contributed by atoms with Crippen LogP contribution in [0.5, 0.6) is 0 Å². The van der Waals surface area contributed by atoms with Crippen LogP contribution in [0.2, 0.25) is 5.02 Å². The first kappa shape index (κ1) is 15.2. The lowest BCUT2D eigenvalue weighted by molar-refractivity contribution is 0.632. The molecule has 0 atom stereocenters. The highest BCUT2D eigenvalue weighted by Crippen LogP contribution is 2.23. The zero-order valence-electron chi connectivity index (χ0n) is 10.5. The summed E-state index contributed by atoms with van der Waals surface area (Å²) in [5, 5.41) is 6.13. The maximum absolute atomic E-state index is 13.7. The Morgan fingerprint density at radius 2 is 2.00 bits per heavy atom. The highest BCUT2D eigenvalue weighted by molar-refractivity contribution is 9.10. The largest absolute Gasteiger partial charge is 0.332 e. The maximum Gasteiger partial charge on any atom is 0.175 e. The van der Waals surface area contributed by atoms with Crippen molar-refractivity contribution in [1.82, 2.24) is 0 Å². The molecule has 0 radical (unpaired) electrons. The molecule has 0 aliphatic heterocycles. The van der Waals surface area contributed by atoms with Gasteiger partial charge >= 0.3 is 0 Å². The quantitative estimate of drug-likeness (QED) is 0.693. The molecule has 0 heterocycles. The van der Waals surface area contributed by atoms with Crippen LogP contribution in [0, 0.1) is 12.7 Å². The molecule has 2 aromatic carbocycles. The Kier molecular flexibility index (Phi) is 4.96. The normalized spacial score (nSPS) is 10.2. The first-order valence-corrected chi connectivity index (χ1v) is 7.33. The maximum atomic E-state index is 13.7. The van der Waals surface area contributed by atoms with E-state index in [9.17, 15) is 4.39 Å². The predicted octanol–water partition coefficient (Wildman–Crippen LogP) is 5.36. The fourth-order valence-corrected chi connectivity index (χ4v) is 2.26. The molecule has 6 heteroatoms. The van der Waals surface area contributed by atoms with Crippen LogP contribution in [-0.4, -0.2) is 5.11 Å². The Morgan fingerprint density at radius 1 is 1.25 bits per heavy atom. The molecule has 0 amide bonds. The topological polar surface area (TPSA) is 24.1 Å². The van der Waals surface area contributed by atoms with Crippen LogP contribution in [0.25, 0.3) is 0 Å². The molecule has 2 aromatic rings. The Bertz CT molecular complexity index is 664. The summed E-state index contributed by atoms with van der Waals surface area (Å²) in [6.45, 7) is 1.97. The van der Waals surface area contributed by atoms with Crippen molar-refractivity contribution in [3.05, 3.63) is 57.3 Å². The van der Waals surface area contributed by atoms with E-state index >= 15 is 0 Å². The van der Waals surface area contributed by atoms with E-state index < -0.39 is 5.82 Å². The van der Waals surface area contributed by atoms with Gasteiger partial charge in [0.2, 0.25) is 0 Å². The number of halogens is 3. The van der Waals surface area contributed by atoms with Crippen LogP contribution in [-0.2, 0) is 0 Å². The molecule has 0 fully saturated rings. The Balaban J connectivity index is 2.09. The van der Waals surface area contributed by atoms with Crippen LogP contribution >= 0.6 is 39.7 Å². The summed E-state index contributed by atoms with van der Waals surface area (Å²) in [6.07, 6.45) is 0. The third-order valence-electron chi connectivity index (χ3n) is 2.62. The van der Waals surface area contributed by atoms with Gasteiger partial charge in [0.15, 0.2) is 10.9 Å². The minimum Gasteiger partial charge on any atom is -0.332 e. The van der Waals surface area contributed by atoms with E-state index in [1.54, 1.807) is 12.1 Å². The second-order valence-electron chi connectivity index (χ2n) is 4.14. The molecule has 0 aliphatic carbocycles. The molecule has 0 saturated carbocycles. The Morgan fingerprint density at radius 3 is 2.70 bits per heavy atom. The summed E-state index contributed by atoms with van der Waals surface area (Å²) in [5.41, 5.74) is 2.14. The molecule has 0 aromatic heterocycles. The number of aryl methyl sites for hydroxylation is 1. The number of nitrogens with one attached hydrogen (secondary N) is 2. The second-order valence-corrected chi connectivity index (χ2v) is 5.81. The number of hydrogen-bond acceptors (Lipinski definition) is 1. The van der Waals surface area contributed by atoms with Crippen molar-refractivity contribution >= 4 is 56.2 Å². The van der Waals surface area contributed by atoms with E-state index in [1.165, 1.54) is 6.07 Å². The third-order valence-corrected chi connectivity index (χ3v) is 4.00. The van der Waals surface area contributed by atoms with E-state index in [2.05, 4.69) is 26.6 Å². The molecule has 0 aliphatic rings. The van der Waals surface area contributed by atoms with Gasteiger partial charge in [0.25, 0.3) is 0 Å². The molecule has 0 bridgehead atoms. The molecule has 2 rings (SSSR count). The summed E-state index contributed by atoms with van der Waals surface area (Å²) < 4.78 is 14.7. The lowest BCUT2D eigenvalue weighted by atomic mass is 10.2.